The molecular formula is C25H28F3N5O3. The fourth-order valence-electron chi connectivity index (χ4n) is 4.33. The summed E-state index contributed by atoms with van der Waals surface area (Å²) in [4.78, 5) is 18.0. The number of alkyl halides is 3. The van der Waals surface area contributed by atoms with Crippen LogP contribution in [0.4, 0.5) is 18.9 Å². The topological polar surface area (TPSA) is 116 Å². The van der Waals surface area contributed by atoms with E-state index >= 15 is 0 Å². The average Bonchev–Trinajstić information content (AvgIpc) is 2.82. The SMILES string of the molecule is Cc1ccc(NC(=O)c2ccnc(C(F)(F)F)c2)cc1/C(N)=C/C1=C(N)OC(C)(C)C2COCCN12. The molecule has 1 fully saturated rings. The second kappa shape index (κ2) is 9.38. The van der Waals surface area contributed by atoms with Gasteiger partial charge < -0.3 is 31.2 Å². The fourth-order valence-corrected chi connectivity index (χ4v) is 4.33. The van der Waals surface area contributed by atoms with Gasteiger partial charge in [-0.05, 0) is 56.7 Å². The summed E-state index contributed by atoms with van der Waals surface area (Å²) < 4.78 is 50.5. The number of aromatic nitrogens is 1. The first-order valence-electron chi connectivity index (χ1n) is 11.3. The number of rotatable bonds is 4. The highest BCUT2D eigenvalue weighted by Crippen LogP contribution is 2.35. The van der Waals surface area contributed by atoms with E-state index in [9.17, 15) is 18.0 Å². The number of carbonyl (C=O) groups is 1. The van der Waals surface area contributed by atoms with E-state index in [4.69, 9.17) is 20.9 Å². The Morgan fingerprint density at radius 3 is 2.75 bits per heavy atom. The molecule has 192 valence electrons. The minimum Gasteiger partial charge on any atom is -0.470 e. The quantitative estimate of drug-likeness (QED) is 0.584. The summed E-state index contributed by atoms with van der Waals surface area (Å²) in [5.74, 6) is -0.451. The van der Waals surface area contributed by atoms with Gasteiger partial charge in [-0.2, -0.15) is 13.2 Å². The first-order valence-corrected chi connectivity index (χ1v) is 11.3. The zero-order chi connectivity index (χ0) is 26.3. The van der Waals surface area contributed by atoms with E-state index in [0.717, 1.165) is 11.8 Å². The van der Waals surface area contributed by atoms with Crippen LogP contribution < -0.4 is 16.8 Å². The van der Waals surface area contributed by atoms with Crippen molar-refractivity contribution in [2.45, 2.75) is 38.6 Å². The number of nitrogens with one attached hydrogen (secondary N) is 1. The lowest BCUT2D eigenvalue weighted by atomic mass is 9.93. The minimum atomic E-state index is -4.65. The molecule has 1 amide bonds. The molecule has 1 saturated heterocycles. The fraction of sp³-hybridized carbons (Fsp3) is 0.360. The van der Waals surface area contributed by atoms with E-state index in [1.165, 1.54) is 6.07 Å². The number of carbonyl (C=O) groups excluding carboxylic acids is 1. The Kier molecular flexibility index (Phi) is 6.61. The van der Waals surface area contributed by atoms with Crippen LogP contribution in [0, 0.1) is 6.92 Å². The van der Waals surface area contributed by atoms with Gasteiger partial charge in [0.25, 0.3) is 5.91 Å². The van der Waals surface area contributed by atoms with Crippen LogP contribution >= 0.6 is 0 Å². The van der Waals surface area contributed by atoms with Crippen LogP contribution in [0.25, 0.3) is 5.70 Å². The third kappa shape index (κ3) is 5.11. The molecule has 8 nitrogen and oxygen atoms in total. The normalized spacial score (nSPS) is 20.0. The molecule has 1 aromatic carbocycles. The summed E-state index contributed by atoms with van der Waals surface area (Å²) in [6.45, 7) is 7.42. The van der Waals surface area contributed by atoms with E-state index < -0.39 is 23.4 Å². The molecule has 2 aliphatic rings. The average molecular weight is 504 g/mol. The summed E-state index contributed by atoms with van der Waals surface area (Å²) in [5.41, 5.74) is 13.7. The number of hydrogen-bond acceptors (Lipinski definition) is 7. The van der Waals surface area contributed by atoms with E-state index in [0.29, 0.717) is 48.5 Å². The van der Waals surface area contributed by atoms with Crippen LogP contribution in [0.2, 0.25) is 0 Å². The third-order valence-corrected chi connectivity index (χ3v) is 6.28. The van der Waals surface area contributed by atoms with Crippen molar-refractivity contribution in [3.8, 4) is 0 Å². The molecule has 1 atom stereocenters. The lowest BCUT2D eigenvalue weighted by molar-refractivity contribution is -0.141. The number of nitrogens with two attached hydrogens (primary N) is 2. The molecule has 0 radical (unpaired) electrons. The molecule has 0 spiro atoms. The van der Waals surface area contributed by atoms with Crippen LogP contribution in [-0.4, -0.2) is 47.2 Å². The molecule has 0 saturated carbocycles. The summed E-state index contributed by atoms with van der Waals surface area (Å²) in [6, 6.07) is 6.94. The second-order valence-electron chi connectivity index (χ2n) is 9.25. The van der Waals surface area contributed by atoms with Gasteiger partial charge in [-0.1, -0.05) is 6.07 Å². The summed E-state index contributed by atoms with van der Waals surface area (Å²) in [6.07, 6.45) is -1.97. The molecular weight excluding hydrogens is 475 g/mol. The molecule has 5 N–H and O–H groups in total. The van der Waals surface area contributed by atoms with Crippen molar-refractivity contribution in [1.29, 1.82) is 0 Å². The Morgan fingerprint density at radius 1 is 1.28 bits per heavy atom. The highest BCUT2D eigenvalue weighted by Gasteiger charge is 2.43. The van der Waals surface area contributed by atoms with Gasteiger partial charge in [0, 0.05) is 35.3 Å². The van der Waals surface area contributed by atoms with Crippen molar-refractivity contribution in [2.75, 3.05) is 25.1 Å². The van der Waals surface area contributed by atoms with Crippen molar-refractivity contribution < 1.29 is 27.4 Å². The van der Waals surface area contributed by atoms with Crippen LogP contribution in [-0.2, 0) is 15.7 Å². The zero-order valence-electron chi connectivity index (χ0n) is 20.1. The van der Waals surface area contributed by atoms with Gasteiger partial charge in [-0.15, -0.1) is 0 Å². The molecule has 4 rings (SSSR count). The van der Waals surface area contributed by atoms with E-state index in [1.54, 1.807) is 24.3 Å². The number of aryl methyl sites for hydroxylation is 1. The van der Waals surface area contributed by atoms with Crippen LogP contribution in [0.5, 0.6) is 0 Å². The molecule has 36 heavy (non-hydrogen) atoms. The van der Waals surface area contributed by atoms with Gasteiger partial charge in [0.15, 0.2) is 0 Å². The summed E-state index contributed by atoms with van der Waals surface area (Å²) in [5, 5.41) is 2.62. The summed E-state index contributed by atoms with van der Waals surface area (Å²) >= 11 is 0. The van der Waals surface area contributed by atoms with Crippen LogP contribution in [0.3, 0.4) is 0 Å². The zero-order valence-corrected chi connectivity index (χ0v) is 20.1. The first-order chi connectivity index (χ1) is 16.9. The predicted octanol–water partition coefficient (Wildman–Crippen LogP) is 3.60. The maximum absolute atomic E-state index is 13.0. The number of nitrogens with zero attached hydrogens (tertiary/aromatic N) is 2. The van der Waals surface area contributed by atoms with Gasteiger partial charge in [0.2, 0.25) is 5.88 Å². The number of fused-ring (bicyclic) bond motifs is 1. The van der Waals surface area contributed by atoms with Gasteiger partial charge in [-0.25, -0.2) is 0 Å². The molecule has 2 aromatic rings. The maximum atomic E-state index is 13.0. The van der Waals surface area contributed by atoms with Gasteiger partial charge in [-0.3, -0.25) is 9.78 Å². The highest BCUT2D eigenvalue weighted by atomic mass is 19.4. The Hall–Kier alpha value is -3.73. The number of benzene rings is 1. The lowest BCUT2D eigenvalue weighted by Crippen LogP contribution is -2.60. The predicted molar refractivity (Wildman–Crippen MR) is 128 cm³/mol. The second-order valence-corrected chi connectivity index (χ2v) is 9.25. The number of morpholine rings is 1. The smallest absolute Gasteiger partial charge is 0.433 e. The van der Waals surface area contributed by atoms with Gasteiger partial charge >= 0.3 is 6.18 Å². The summed E-state index contributed by atoms with van der Waals surface area (Å²) in [7, 11) is 0. The van der Waals surface area contributed by atoms with Crippen molar-refractivity contribution >= 4 is 17.3 Å². The van der Waals surface area contributed by atoms with E-state index in [-0.39, 0.29) is 17.5 Å². The van der Waals surface area contributed by atoms with Crippen molar-refractivity contribution in [3.05, 3.63) is 76.6 Å². The number of halogens is 3. The molecule has 1 aromatic heterocycles. The van der Waals surface area contributed by atoms with Crippen molar-refractivity contribution in [3.63, 3.8) is 0 Å². The number of allylic oxidation sites excluding steroid dienone is 1. The Labute approximate surface area is 206 Å². The molecule has 1 unspecified atom stereocenters. The third-order valence-electron chi connectivity index (χ3n) is 6.28. The van der Waals surface area contributed by atoms with Crippen LogP contribution in [0.15, 0.2) is 54.2 Å². The Balaban J connectivity index is 1.61. The molecule has 11 heteroatoms. The highest BCUT2D eigenvalue weighted by molar-refractivity contribution is 6.04. The van der Waals surface area contributed by atoms with Gasteiger partial charge in [0.05, 0.1) is 25.0 Å². The largest absolute Gasteiger partial charge is 0.470 e. The minimum absolute atomic E-state index is 0.0497. The van der Waals surface area contributed by atoms with Gasteiger partial charge in [0.1, 0.15) is 11.3 Å². The standard InChI is InChI=1S/C25H28F3N5O3/c1-14-4-5-16(32-23(34)15-6-7-31-20(10-15)25(26,27)28)11-17(14)18(29)12-19-22(30)36-24(2,3)21-13-35-9-8-33(19)21/h4-7,10-12,21H,8-9,13,29-30H2,1-3H3,(H,32,34)/b18-12-. The number of hydrogen-bond donors (Lipinski definition) is 3. The maximum Gasteiger partial charge on any atom is 0.433 e. The van der Waals surface area contributed by atoms with E-state index in [1.807, 2.05) is 20.8 Å². The first kappa shape index (κ1) is 25.4. The van der Waals surface area contributed by atoms with Crippen molar-refractivity contribution in [2.24, 2.45) is 11.5 Å². The number of pyridine rings is 1. The number of ether oxygens (including phenoxy) is 2. The Morgan fingerprint density at radius 2 is 2.03 bits per heavy atom. The molecule has 0 bridgehead atoms. The van der Waals surface area contributed by atoms with Crippen molar-refractivity contribution in [1.82, 2.24) is 9.88 Å². The van der Waals surface area contributed by atoms with Crippen LogP contribution in [0.1, 0.15) is 41.0 Å². The number of amides is 1. The molecule has 0 aliphatic carbocycles. The molecule has 2 aliphatic heterocycles. The lowest BCUT2D eigenvalue weighted by Gasteiger charge is -2.49. The van der Waals surface area contributed by atoms with E-state index in [2.05, 4.69) is 15.2 Å². The Bertz CT molecular complexity index is 1240. The monoisotopic (exact) mass is 503 g/mol. The molecule has 3 heterocycles. The number of anilines is 1.